The van der Waals surface area contributed by atoms with Gasteiger partial charge in [0.25, 0.3) is 0 Å². The Morgan fingerprint density at radius 1 is 1.00 bits per heavy atom. The van der Waals surface area contributed by atoms with Crippen LogP contribution in [0.25, 0.3) is 6.08 Å². The number of carbonyl (C=O) groups excluding carboxylic acids is 1. The molecule has 2 aliphatic heterocycles. The third-order valence-corrected chi connectivity index (χ3v) is 7.99. The zero-order chi connectivity index (χ0) is 27.7. The molecule has 0 amide bonds. The summed E-state index contributed by atoms with van der Waals surface area (Å²) in [6.45, 7) is 7.35. The number of aryl methyl sites for hydroxylation is 1. The molecule has 208 valence electrons. The highest BCUT2D eigenvalue weighted by atomic mass is 16.5. The van der Waals surface area contributed by atoms with Gasteiger partial charge in [-0.3, -0.25) is 0 Å². The van der Waals surface area contributed by atoms with Crippen molar-refractivity contribution in [3.8, 4) is 5.75 Å². The van der Waals surface area contributed by atoms with E-state index in [4.69, 9.17) is 4.74 Å². The fourth-order valence-corrected chi connectivity index (χ4v) is 5.52. The lowest BCUT2D eigenvalue weighted by molar-refractivity contribution is 0.318. The van der Waals surface area contributed by atoms with Gasteiger partial charge in [-0.15, -0.1) is 0 Å². The fraction of sp³-hybridized carbons (Fsp3) is 0.371. The minimum absolute atomic E-state index is 0.297. The number of nitrogens with zero attached hydrogens (tertiary/aromatic N) is 2. The molecule has 0 radical (unpaired) electrons. The van der Waals surface area contributed by atoms with Gasteiger partial charge in [-0.2, -0.15) is 0 Å². The number of para-hydroxylation sites is 2. The first-order chi connectivity index (χ1) is 19.6. The van der Waals surface area contributed by atoms with Crippen molar-refractivity contribution in [3.05, 3.63) is 106 Å². The van der Waals surface area contributed by atoms with Gasteiger partial charge in [-0.1, -0.05) is 77.9 Å². The molecule has 0 aromatic heterocycles. The van der Waals surface area contributed by atoms with Crippen molar-refractivity contribution < 1.29 is 9.53 Å². The summed E-state index contributed by atoms with van der Waals surface area (Å²) in [4.78, 5) is 16.0. The standard InChI is InChI=1S/C25H26N2O2.C10H15N/c28-17-22-18-29-25-8-4-3-7-24(25)27(22)14-13-26-12-11-21(16-26)23-6-2-1-5-20(23)15-19-9-10-19;1-9-3-5-10(6-4-9)7-8-11-2/h1-8,15,21H,9-14,16,18H2;3-6,11H,7-8H2,1-2H3. The van der Waals surface area contributed by atoms with E-state index in [1.807, 2.05) is 31.3 Å². The van der Waals surface area contributed by atoms with Gasteiger partial charge in [0.1, 0.15) is 24.0 Å². The van der Waals surface area contributed by atoms with Crippen LogP contribution in [-0.4, -0.2) is 57.2 Å². The average Bonchev–Trinajstić information content (AvgIpc) is 3.69. The minimum atomic E-state index is 0.297. The molecule has 40 heavy (non-hydrogen) atoms. The number of benzene rings is 3. The van der Waals surface area contributed by atoms with Crippen LogP contribution < -0.4 is 15.0 Å². The van der Waals surface area contributed by atoms with E-state index in [9.17, 15) is 4.79 Å². The topological polar surface area (TPSA) is 44.8 Å². The largest absolute Gasteiger partial charge is 0.484 e. The summed E-state index contributed by atoms with van der Waals surface area (Å²) in [6.07, 6.45) is 7.23. The first-order valence-corrected chi connectivity index (χ1v) is 14.6. The molecule has 1 unspecified atom stereocenters. The number of fused-ring (bicyclic) bond motifs is 1. The van der Waals surface area contributed by atoms with E-state index < -0.39 is 0 Å². The number of likely N-dealkylation sites (N-methyl/N-ethyl adjacent to an activating group) is 1. The molecule has 0 bridgehead atoms. The zero-order valence-corrected chi connectivity index (χ0v) is 23.9. The predicted molar refractivity (Wildman–Crippen MR) is 165 cm³/mol. The van der Waals surface area contributed by atoms with E-state index in [2.05, 4.69) is 82.6 Å². The van der Waals surface area contributed by atoms with Crippen molar-refractivity contribution in [1.82, 2.24) is 10.2 Å². The van der Waals surface area contributed by atoms with Crippen LogP contribution in [0.5, 0.6) is 5.75 Å². The van der Waals surface area contributed by atoms with Crippen LogP contribution in [0.15, 0.2) is 84.1 Å². The number of nitrogens with one attached hydrogen (secondary N) is 1. The molecule has 2 fully saturated rings. The highest BCUT2D eigenvalue weighted by molar-refractivity contribution is 5.71. The van der Waals surface area contributed by atoms with Crippen molar-refractivity contribution in [1.29, 1.82) is 0 Å². The summed E-state index contributed by atoms with van der Waals surface area (Å²) in [7, 11) is 1.98. The maximum absolute atomic E-state index is 11.4. The van der Waals surface area contributed by atoms with Gasteiger partial charge >= 0.3 is 0 Å². The highest BCUT2D eigenvalue weighted by Gasteiger charge is 2.28. The monoisotopic (exact) mass is 535 g/mol. The van der Waals surface area contributed by atoms with E-state index in [1.54, 1.807) is 5.57 Å². The van der Waals surface area contributed by atoms with E-state index in [0.29, 0.717) is 18.2 Å². The fourth-order valence-electron chi connectivity index (χ4n) is 5.52. The summed E-state index contributed by atoms with van der Waals surface area (Å²) in [6, 6.07) is 25.5. The molecule has 1 saturated carbocycles. The lowest BCUT2D eigenvalue weighted by atomic mass is 9.93. The van der Waals surface area contributed by atoms with E-state index in [1.165, 1.54) is 41.5 Å². The molecule has 5 heteroatoms. The molecule has 1 aliphatic carbocycles. The normalized spacial score (nSPS) is 17.9. The van der Waals surface area contributed by atoms with Crippen molar-refractivity contribution in [2.75, 3.05) is 51.3 Å². The molecule has 1 saturated heterocycles. The Balaban J connectivity index is 0.000000248. The Labute approximate surface area is 239 Å². The van der Waals surface area contributed by atoms with Crippen LogP contribution in [-0.2, 0) is 11.2 Å². The van der Waals surface area contributed by atoms with Crippen molar-refractivity contribution in [3.63, 3.8) is 0 Å². The van der Waals surface area contributed by atoms with E-state index in [-0.39, 0.29) is 0 Å². The molecule has 3 aromatic carbocycles. The van der Waals surface area contributed by atoms with Crippen LogP contribution in [0.4, 0.5) is 5.69 Å². The third-order valence-electron chi connectivity index (χ3n) is 7.99. The van der Waals surface area contributed by atoms with Crippen molar-refractivity contribution in [2.45, 2.75) is 38.5 Å². The second-order valence-corrected chi connectivity index (χ2v) is 11.0. The zero-order valence-electron chi connectivity index (χ0n) is 23.9. The Bertz CT molecular complexity index is 1350. The lowest BCUT2D eigenvalue weighted by Gasteiger charge is -2.32. The molecule has 3 aliphatic rings. The number of allylic oxidation sites excluding steroid dienone is 1. The molecule has 3 aromatic rings. The predicted octanol–water partition coefficient (Wildman–Crippen LogP) is 6.02. The van der Waals surface area contributed by atoms with Gasteiger partial charge in [0.15, 0.2) is 0 Å². The van der Waals surface area contributed by atoms with Gasteiger partial charge in [0.2, 0.25) is 0 Å². The average molecular weight is 536 g/mol. The first-order valence-electron chi connectivity index (χ1n) is 14.6. The molecule has 1 N–H and O–H groups in total. The number of likely N-dealkylation sites (tertiary alicyclic amines) is 1. The number of hydrogen-bond acceptors (Lipinski definition) is 5. The van der Waals surface area contributed by atoms with Crippen LogP contribution in [0, 0.1) is 6.92 Å². The Morgan fingerprint density at radius 3 is 2.55 bits per heavy atom. The smallest absolute Gasteiger partial charge is 0.149 e. The minimum Gasteiger partial charge on any atom is -0.484 e. The number of ether oxygens (including phenoxy) is 1. The van der Waals surface area contributed by atoms with E-state index >= 15 is 0 Å². The Morgan fingerprint density at radius 2 is 1.77 bits per heavy atom. The van der Waals surface area contributed by atoms with Gasteiger partial charge in [0, 0.05) is 19.6 Å². The van der Waals surface area contributed by atoms with Gasteiger partial charge in [-0.25, -0.2) is 4.79 Å². The second-order valence-electron chi connectivity index (χ2n) is 11.0. The molecular formula is C35H41N3O2. The summed E-state index contributed by atoms with van der Waals surface area (Å²) in [5.41, 5.74) is 8.75. The lowest BCUT2D eigenvalue weighted by Crippen LogP contribution is -2.37. The van der Waals surface area contributed by atoms with Crippen molar-refractivity contribution >= 4 is 17.7 Å². The molecule has 6 rings (SSSR count). The maximum Gasteiger partial charge on any atom is 0.149 e. The quantitative estimate of drug-likeness (QED) is 0.357. The van der Waals surface area contributed by atoms with Gasteiger partial charge < -0.3 is 19.9 Å². The highest BCUT2D eigenvalue weighted by Crippen LogP contribution is 2.36. The maximum atomic E-state index is 11.4. The molecule has 1 atom stereocenters. The molecular weight excluding hydrogens is 494 g/mol. The second kappa shape index (κ2) is 13.6. The molecule has 5 nitrogen and oxygen atoms in total. The van der Waals surface area contributed by atoms with Crippen LogP contribution >= 0.6 is 0 Å². The van der Waals surface area contributed by atoms with E-state index in [0.717, 1.165) is 50.6 Å². The number of anilines is 1. The molecule has 2 heterocycles. The van der Waals surface area contributed by atoms with Crippen molar-refractivity contribution in [2.24, 2.45) is 0 Å². The summed E-state index contributed by atoms with van der Waals surface area (Å²) >= 11 is 0. The number of rotatable bonds is 8. The van der Waals surface area contributed by atoms with Crippen LogP contribution in [0.1, 0.15) is 47.4 Å². The third kappa shape index (κ3) is 7.31. The Kier molecular flexibility index (Phi) is 9.51. The van der Waals surface area contributed by atoms with Crippen LogP contribution in [0.2, 0.25) is 0 Å². The summed E-state index contributed by atoms with van der Waals surface area (Å²) in [5, 5.41) is 3.13. The Hall–Kier alpha value is -3.63. The molecule has 0 spiro atoms. The van der Waals surface area contributed by atoms with Crippen LogP contribution in [0.3, 0.4) is 0 Å². The van der Waals surface area contributed by atoms with Gasteiger partial charge in [0.05, 0.1) is 5.69 Å². The van der Waals surface area contributed by atoms with Gasteiger partial charge in [-0.05, 0) is 87.5 Å². The first kappa shape index (κ1) is 27.9. The SMILES string of the molecule is CNCCc1ccc(C)cc1.O=C=C1COc2ccccc2N1CCN1CCC(c2ccccc2C=C2CC2)C1. The number of hydrogen-bond donors (Lipinski definition) is 1. The summed E-state index contributed by atoms with van der Waals surface area (Å²) in [5.74, 6) is 3.50. The summed E-state index contributed by atoms with van der Waals surface area (Å²) < 4.78 is 5.69.